The first-order valence-electron chi connectivity index (χ1n) is 11.5. The zero-order chi connectivity index (χ0) is 23.7. The van der Waals surface area contributed by atoms with Crippen LogP contribution in [0.2, 0.25) is 0 Å². The normalized spacial score (nSPS) is 16.9. The Bertz CT molecular complexity index is 1210. The molecule has 0 spiro atoms. The SMILES string of the molecule is CCCCNC(=O)c1ccccc1-n1nnnc1[C@@H]1c2c(cc3c(c2OC)OCO3)CCN1C. The Morgan fingerprint density at radius 2 is 2.15 bits per heavy atom. The molecule has 5 rings (SSSR count). The van der Waals surface area contributed by atoms with Crippen LogP contribution < -0.4 is 19.5 Å². The monoisotopic (exact) mass is 464 g/mol. The standard InChI is InChI=1S/C24H28N6O4/c1-4-5-11-25-24(31)16-8-6-7-9-17(16)30-23(26-27-28-30)20-19-15(10-12-29(20)2)13-18-21(22(19)32-3)34-14-33-18/h6-9,13,20H,4-5,10-12,14H2,1-3H3,(H,25,31)/t20-/m0/s1. The van der Waals surface area contributed by atoms with Crippen LogP contribution in [0.3, 0.4) is 0 Å². The van der Waals surface area contributed by atoms with Gasteiger partial charge in [-0.15, -0.1) is 5.10 Å². The Morgan fingerprint density at radius 3 is 2.97 bits per heavy atom. The van der Waals surface area contributed by atoms with Crippen LogP contribution in [0.25, 0.3) is 5.69 Å². The van der Waals surface area contributed by atoms with Gasteiger partial charge in [-0.05, 0) is 54.1 Å². The number of para-hydroxylation sites is 1. The Balaban J connectivity index is 1.61. The molecule has 1 amide bonds. The lowest BCUT2D eigenvalue weighted by atomic mass is 9.90. The molecule has 0 unspecified atom stereocenters. The molecule has 10 nitrogen and oxygen atoms in total. The smallest absolute Gasteiger partial charge is 0.253 e. The molecule has 0 saturated carbocycles. The summed E-state index contributed by atoms with van der Waals surface area (Å²) in [5, 5.41) is 15.7. The van der Waals surface area contributed by atoms with Crippen molar-refractivity contribution in [3.63, 3.8) is 0 Å². The second-order valence-corrected chi connectivity index (χ2v) is 8.43. The molecule has 10 heteroatoms. The third-order valence-electron chi connectivity index (χ3n) is 6.33. The number of benzene rings is 2. The zero-order valence-electron chi connectivity index (χ0n) is 19.6. The predicted molar refractivity (Wildman–Crippen MR) is 124 cm³/mol. The highest BCUT2D eigenvalue weighted by atomic mass is 16.7. The number of carbonyl (C=O) groups is 1. The lowest BCUT2D eigenvalue weighted by Crippen LogP contribution is -2.35. The van der Waals surface area contributed by atoms with Crippen molar-refractivity contribution in [1.29, 1.82) is 0 Å². The highest BCUT2D eigenvalue weighted by molar-refractivity contribution is 5.97. The number of tetrazole rings is 1. The predicted octanol–water partition coefficient (Wildman–Crippen LogP) is 2.51. The Labute approximate surface area is 197 Å². The molecule has 1 N–H and O–H groups in total. The first-order chi connectivity index (χ1) is 16.6. The number of fused-ring (bicyclic) bond motifs is 2. The minimum absolute atomic E-state index is 0.149. The van der Waals surface area contributed by atoms with Crippen molar-refractivity contribution < 1.29 is 19.0 Å². The number of aromatic nitrogens is 4. The Kier molecular flexibility index (Phi) is 6.06. The van der Waals surface area contributed by atoms with Gasteiger partial charge in [0.2, 0.25) is 12.5 Å². The largest absolute Gasteiger partial charge is 0.492 e. The van der Waals surface area contributed by atoms with E-state index in [1.165, 1.54) is 0 Å². The fraction of sp³-hybridized carbons (Fsp3) is 0.417. The van der Waals surface area contributed by atoms with Gasteiger partial charge in [0, 0.05) is 18.7 Å². The topological polar surface area (TPSA) is 104 Å². The number of nitrogens with zero attached hydrogens (tertiary/aromatic N) is 5. The van der Waals surface area contributed by atoms with E-state index < -0.39 is 0 Å². The summed E-state index contributed by atoms with van der Waals surface area (Å²) < 4.78 is 18.8. The maximum absolute atomic E-state index is 13.0. The van der Waals surface area contributed by atoms with Gasteiger partial charge in [0.15, 0.2) is 17.3 Å². The van der Waals surface area contributed by atoms with E-state index in [1.54, 1.807) is 17.9 Å². The molecule has 0 aliphatic carbocycles. The van der Waals surface area contributed by atoms with E-state index in [9.17, 15) is 4.79 Å². The number of likely N-dealkylation sites (N-methyl/N-ethyl adjacent to an activating group) is 1. The van der Waals surface area contributed by atoms with Gasteiger partial charge in [-0.3, -0.25) is 9.69 Å². The highest BCUT2D eigenvalue weighted by Crippen LogP contribution is 2.50. The molecule has 178 valence electrons. The minimum atomic E-state index is -0.306. The van der Waals surface area contributed by atoms with Crippen LogP contribution >= 0.6 is 0 Å². The number of unbranched alkanes of at least 4 members (excludes halogenated alkanes) is 1. The van der Waals surface area contributed by atoms with Gasteiger partial charge in [0.1, 0.15) is 6.04 Å². The second-order valence-electron chi connectivity index (χ2n) is 8.43. The van der Waals surface area contributed by atoms with Crippen LogP contribution in [-0.2, 0) is 6.42 Å². The van der Waals surface area contributed by atoms with E-state index in [1.807, 2.05) is 31.3 Å². The minimum Gasteiger partial charge on any atom is -0.492 e. The lowest BCUT2D eigenvalue weighted by Gasteiger charge is -2.34. The molecular weight excluding hydrogens is 436 g/mol. The van der Waals surface area contributed by atoms with Crippen molar-refractivity contribution in [2.75, 3.05) is 34.0 Å². The molecule has 3 heterocycles. The van der Waals surface area contributed by atoms with Crippen LogP contribution in [0.1, 0.15) is 53.1 Å². The summed E-state index contributed by atoms with van der Waals surface area (Å²) in [5.41, 5.74) is 3.19. The van der Waals surface area contributed by atoms with Crippen LogP contribution in [0.4, 0.5) is 0 Å². The first kappa shape index (κ1) is 22.1. The molecule has 1 atom stereocenters. The highest BCUT2D eigenvalue weighted by Gasteiger charge is 2.38. The summed E-state index contributed by atoms with van der Waals surface area (Å²) in [6, 6.07) is 9.08. The van der Waals surface area contributed by atoms with Crippen molar-refractivity contribution in [3.05, 3.63) is 52.8 Å². The van der Waals surface area contributed by atoms with Gasteiger partial charge in [0.25, 0.3) is 5.91 Å². The molecule has 0 radical (unpaired) electrons. The molecular formula is C24H28N6O4. The fourth-order valence-electron chi connectivity index (χ4n) is 4.62. The van der Waals surface area contributed by atoms with Gasteiger partial charge in [-0.1, -0.05) is 25.5 Å². The number of amides is 1. The number of carbonyl (C=O) groups excluding carboxylic acids is 1. The Morgan fingerprint density at radius 1 is 1.29 bits per heavy atom. The average Bonchev–Trinajstić information content (AvgIpc) is 3.52. The number of methoxy groups -OCH3 is 1. The third-order valence-corrected chi connectivity index (χ3v) is 6.33. The quantitative estimate of drug-likeness (QED) is 0.532. The molecule has 1 aromatic heterocycles. The zero-order valence-corrected chi connectivity index (χ0v) is 19.6. The van der Waals surface area contributed by atoms with Gasteiger partial charge in [-0.25, -0.2) is 0 Å². The number of nitrogens with one attached hydrogen (secondary N) is 1. The summed E-state index contributed by atoms with van der Waals surface area (Å²) in [6.45, 7) is 3.67. The lowest BCUT2D eigenvalue weighted by molar-refractivity contribution is 0.0953. The van der Waals surface area contributed by atoms with Gasteiger partial charge >= 0.3 is 0 Å². The van der Waals surface area contributed by atoms with E-state index >= 15 is 0 Å². The summed E-state index contributed by atoms with van der Waals surface area (Å²) in [5.74, 6) is 2.35. The Hall–Kier alpha value is -3.66. The van der Waals surface area contributed by atoms with Crippen LogP contribution in [-0.4, -0.2) is 65.1 Å². The molecule has 2 aliphatic heterocycles. The van der Waals surface area contributed by atoms with E-state index in [4.69, 9.17) is 14.2 Å². The maximum atomic E-state index is 13.0. The molecule has 0 bridgehead atoms. The molecule has 2 aromatic carbocycles. The number of hydrogen-bond donors (Lipinski definition) is 1. The van der Waals surface area contributed by atoms with Crippen molar-refractivity contribution in [1.82, 2.24) is 30.4 Å². The summed E-state index contributed by atoms with van der Waals surface area (Å²) in [6.07, 6.45) is 2.75. The molecule has 0 saturated heterocycles. The van der Waals surface area contributed by atoms with E-state index in [0.29, 0.717) is 40.9 Å². The second kappa shape index (κ2) is 9.30. The van der Waals surface area contributed by atoms with Crippen molar-refractivity contribution in [3.8, 4) is 22.9 Å². The summed E-state index contributed by atoms with van der Waals surface area (Å²) >= 11 is 0. The van der Waals surface area contributed by atoms with E-state index in [0.717, 1.165) is 36.9 Å². The van der Waals surface area contributed by atoms with Gasteiger partial charge < -0.3 is 19.5 Å². The van der Waals surface area contributed by atoms with E-state index in [2.05, 4.69) is 32.7 Å². The average molecular weight is 465 g/mol. The number of rotatable bonds is 7. The molecule has 34 heavy (non-hydrogen) atoms. The maximum Gasteiger partial charge on any atom is 0.253 e. The first-order valence-corrected chi connectivity index (χ1v) is 11.5. The van der Waals surface area contributed by atoms with Crippen molar-refractivity contribution in [2.24, 2.45) is 0 Å². The van der Waals surface area contributed by atoms with E-state index in [-0.39, 0.29) is 18.7 Å². The van der Waals surface area contributed by atoms with Crippen molar-refractivity contribution in [2.45, 2.75) is 32.2 Å². The summed E-state index contributed by atoms with van der Waals surface area (Å²) in [4.78, 5) is 15.1. The third kappa shape index (κ3) is 3.73. The molecule has 2 aliphatic rings. The molecule has 0 fully saturated rings. The van der Waals surface area contributed by atoms with Crippen molar-refractivity contribution >= 4 is 5.91 Å². The van der Waals surface area contributed by atoms with Crippen LogP contribution in [0, 0.1) is 0 Å². The number of ether oxygens (including phenoxy) is 3. The van der Waals surface area contributed by atoms with Gasteiger partial charge in [0.05, 0.1) is 18.4 Å². The summed E-state index contributed by atoms with van der Waals surface area (Å²) in [7, 11) is 3.65. The number of hydrogen-bond acceptors (Lipinski definition) is 8. The van der Waals surface area contributed by atoms with Crippen LogP contribution in [0.15, 0.2) is 30.3 Å². The van der Waals surface area contributed by atoms with Crippen LogP contribution in [0.5, 0.6) is 17.2 Å². The van der Waals surface area contributed by atoms with Gasteiger partial charge in [-0.2, -0.15) is 4.68 Å². The fourth-order valence-corrected chi connectivity index (χ4v) is 4.62. The molecule has 3 aromatic rings.